The summed E-state index contributed by atoms with van der Waals surface area (Å²) in [4.78, 5) is 12.9. The van der Waals surface area contributed by atoms with Crippen molar-refractivity contribution in [3.05, 3.63) is 71.3 Å². The van der Waals surface area contributed by atoms with E-state index in [1.807, 2.05) is 30.3 Å². The summed E-state index contributed by atoms with van der Waals surface area (Å²) in [5, 5.41) is 28.3. The van der Waals surface area contributed by atoms with Crippen molar-refractivity contribution in [2.24, 2.45) is 10.9 Å². The van der Waals surface area contributed by atoms with Gasteiger partial charge >= 0.3 is 0 Å². The number of hydrogen-bond donors (Lipinski definition) is 4. The van der Waals surface area contributed by atoms with E-state index in [9.17, 15) is 15.0 Å². The number of fused-ring (bicyclic) bond motifs is 1. The second kappa shape index (κ2) is 7.56. The van der Waals surface area contributed by atoms with Crippen LogP contribution in [0.3, 0.4) is 0 Å². The normalized spacial score (nSPS) is 18.6. The molecule has 5 N–H and O–H groups in total. The third-order valence-electron chi connectivity index (χ3n) is 5.32. The van der Waals surface area contributed by atoms with E-state index in [4.69, 9.17) is 5.84 Å². The first-order valence-electron chi connectivity index (χ1n) is 9.53. The monoisotopic (exact) mass is 389 g/mol. The van der Waals surface area contributed by atoms with Crippen molar-refractivity contribution in [2.45, 2.75) is 31.8 Å². The predicted octanol–water partition coefficient (Wildman–Crippen LogP) is 3.52. The molecule has 1 aliphatic carbocycles. The Morgan fingerprint density at radius 2 is 2.00 bits per heavy atom. The van der Waals surface area contributed by atoms with Crippen LogP contribution in [0.4, 0.5) is 5.69 Å². The number of phenolic OH excluding ortho intramolecular Hbond substituents is 1. The minimum atomic E-state index is -0.388. The SMILES string of the molecule is C/C(Cc1ccc(O)c(C(=O)Nc2cccc3cc(C4CC4O)ccc23)c1)=N\N. The van der Waals surface area contributed by atoms with Crippen LogP contribution in [0.15, 0.2) is 59.7 Å². The molecule has 0 bridgehead atoms. The molecule has 2 atom stereocenters. The highest BCUT2D eigenvalue weighted by molar-refractivity contribution is 6.10. The number of amides is 1. The Morgan fingerprint density at radius 1 is 1.21 bits per heavy atom. The first-order chi connectivity index (χ1) is 14.0. The Labute approximate surface area is 168 Å². The molecule has 4 rings (SSSR count). The molecule has 0 saturated heterocycles. The number of nitrogens with two attached hydrogens (primary N) is 1. The second-order valence-corrected chi connectivity index (χ2v) is 7.54. The Hall–Kier alpha value is -3.38. The zero-order valence-electron chi connectivity index (χ0n) is 16.1. The van der Waals surface area contributed by atoms with Crippen LogP contribution in [0.1, 0.15) is 40.7 Å². The van der Waals surface area contributed by atoms with Gasteiger partial charge in [0, 0.05) is 29.1 Å². The van der Waals surface area contributed by atoms with Crippen molar-refractivity contribution in [3.63, 3.8) is 0 Å². The van der Waals surface area contributed by atoms with Gasteiger partial charge < -0.3 is 21.4 Å². The molecule has 3 aromatic carbocycles. The first kappa shape index (κ1) is 19.0. The van der Waals surface area contributed by atoms with E-state index in [1.54, 1.807) is 19.1 Å². The molecule has 0 aliphatic heterocycles. The topological polar surface area (TPSA) is 108 Å². The highest BCUT2D eigenvalue weighted by Gasteiger charge is 2.36. The van der Waals surface area contributed by atoms with Gasteiger partial charge in [-0.25, -0.2) is 0 Å². The van der Waals surface area contributed by atoms with Crippen LogP contribution in [0.2, 0.25) is 0 Å². The van der Waals surface area contributed by atoms with E-state index >= 15 is 0 Å². The number of nitrogens with one attached hydrogen (secondary N) is 1. The minimum absolute atomic E-state index is 0.0844. The summed E-state index contributed by atoms with van der Waals surface area (Å²) in [6, 6.07) is 16.6. The molecule has 1 amide bonds. The summed E-state index contributed by atoms with van der Waals surface area (Å²) < 4.78 is 0. The van der Waals surface area contributed by atoms with Gasteiger partial charge in [0.2, 0.25) is 0 Å². The van der Waals surface area contributed by atoms with Gasteiger partial charge in [-0.2, -0.15) is 5.10 Å². The molecule has 0 spiro atoms. The zero-order chi connectivity index (χ0) is 20.5. The van der Waals surface area contributed by atoms with Gasteiger partial charge in [-0.1, -0.05) is 36.4 Å². The van der Waals surface area contributed by atoms with Crippen molar-refractivity contribution in [2.75, 3.05) is 5.32 Å². The van der Waals surface area contributed by atoms with Crippen molar-refractivity contribution in [3.8, 4) is 5.75 Å². The van der Waals surface area contributed by atoms with Crippen LogP contribution in [-0.2, 0) is 6.42 Å². The van der Waals surface area contributed by atoms with Gasteiger partial charge in [-0.15, -0.1) is 0 Å². The van der Waals surface area contributed by atoms with Gasteiger partial charge in [0.15, 0.2) is 0 Å². The van der Waals surface area contributed by atoms with Crippen molar-refractivity contribution in [1.82, 2.24) is 0 Å². The molecular weight excluding hydrogens is 366 g/mol. The quantitative estimate of drug-likeness (QED) is 0.304. The predicted molar refractivity (Wildman–Crippen MR) is 114 cm³/mol. The van der Waals surface area contributed by atoms with E-state index in [0.717, 1.165) is 34.0 Å². The van der Waals surface area contributed by atoms with Gasteiger partial charge in [0.05, 0.1) is 11.7 Å². The zero-order valence-corrected chi connectivity index (χ0v) is 16.1. The van der Waals surface area contributed by atoms with E-state index in [2.05, 4.69) is 16.5 Å². The molecule has 1 saturated carbocycles. The summed E-state index contributed by atoms with van der Waals surface area (Å²) in [7, 11) is 0. The van der Waals surface area contributed by atoms with E-state index in [0.29, 0.717) is 12.1 Å². The lowest BCUT2D eigenvalue weighted by Gasteiger charge is -2.12. The molecule has 0 radical (unpaired) electrons. The molecular formula is C23H23N3O3. The number of aliphatic hydroxyl groups is 1. The summed E-state index contributed by atoms with van der Waals surface area (Å²) >= 11 is 0. The number of hydrogen-bond acceptors (Lipinski definition) is 5. The van der Waals surface area contributed by atoms with Crippen LogP contribution in [-0.4, -0.2) is 27.9 Å². The highest BCUT2D eigenvalue weighted by atomic mass is 16.3. The van der Waals surface area contributed by atoms with Crippen molar-refractivity contribution >= 4 is 28.1 Å². The third-order valence-corrected chi connectivity index (χ3v) is 5.32. The number of carbonyl (C=O) groups is 1. The average molecular weight is 389 g/mol. The van der Waals surface area contributed by atoms with Crippen LogP contribution in [0.5, 0.6) is 5.75 Å². The van der Waals surface area contributed by atoms with E-state index < -0.39 is 0 Å². The van der Waals surface area contributed by atoms with Gasteiger partial charge in [0.1, 0.15) is 5.75 Å². The molecule has 2 unspecified atom stereocenters. The van der Waals surface area contributed by atoms with Gasteiger partial charge in [0.25, 0.3) is 5.91 Å². The molecule has 1 fully saturated rings. The van der Waals surface area contributed by atoms with E-state index in [-0.39, 0.29) is 29.2 Å². The standard InChI is InChI=1S/C23H23N3O3/c1-13(26-24)9-14-5-8-21(27)19(10-14)23(29)25-20-4-2-3-15-11-16(6-7-17(15)20)18-12-22(18)28/h2-8,10-11,18,22,27-28H,9,12,24H2,1H3,(H,25,29)/b26-13+. The number of carbonyl (C=O) groups excluding carboxylic acids is 1. The molecule has 6 nitrogen and oxygen atoms in total. The van der Waals surface area contributed by atoms with Gasteiger partial charge in [-0.05, 0) is 48.1 Å². The number of aliphatic hydroxyl groups excluding tert-OH is 1. The van der Waals surface area contributed by atoms with Crippen LogP contribution < -0.4 is 11.2 Å². The lowest BCUT2D eigenvalue weighted by Crippen LogP contribution is -2.13. The molecule has 0 aromatic heterocycles. The number of phenols is 1. The van der Waals surface area contributed by atoms with Crippen molar-refractivity contribution in [1.29, 1.82) is 0 Å². The molecule has 29 heavy (non-hydrogen) atoms. The number of nitrogens with zero attached hydrogens (tertiary/aromatic N) is 1. The third kappa shape index (κ3) is 3.93. The smallest absolute Gasteiger partial charge is 0.259 e. The van der Waals surface area contributed by atoms with Gasteiger partial charge in [-0.3, -0.25) is 4.79 Å². The Balaban J connectivity index is 1.61. The summed E-state index contributed by atoms with van der Waals surface area (Å²) in [5.41, 5.74) is 3.54. The number of aromatic hydroxyl groups is 1. The summed E-state index contributed by atoms with van der Waals surface area (Å²) in [5.74, 6) is 5.02. The van der Waals surface area contributed by atoms with Crippen molar-refractivity contribution < 1.29 is 15.0 Å². The molecule has 148 valence electrons. The largest absolute Gasteiger partial charge is 0.507 e. The van der Waals surface area contributed by atoms with Crippen LogP contribution in [0, 0.1) is 0 Å². The van der Waals surface area contributed by atoms with E-state index in [1.165, 1.54) is 6.07 Å². The first-order valence-corrected chi connectivity index (χ1v) is 9.53. The number of rotatable bonds is 5. The van der Waals surface area contributed by atoms with Crippen LogP contribution >= 0.6 is 0 Å². The molecule has 3 aromatic rings. The fourth-order valence-electron chi connectivity index (χ4n) is 3.59. The Bertz CT molecular complexity index is 1120. The maximum atomic E-state index is 12.9. The lowest BCUT2D eigenvalue weighted by atomic mass is 10.0. The molecule has 0 heterocycles. The Kier molecular flexibility index (Phi) is 4.94. The molecule has 6 heteroatoms. The van der Waals surface area contributed by atoms with Crippen LogP contribution in [0.25, 0.3) is 10.8 Å². The highest BCUT2D eigenvalue weighted by Crippen LogP contribution is 2.42. The fraction of sp³-hybridized carbons (Fsp3) is 0.217. The summed E-state index contributed by atoms with van der Waals surface area (Å²) in [6.07, 6.45) is 1.05. The second-order valence-electron chi connectivity index (χ2n) is 7.54. The average Bonchev–Trinajstić information content (AvgIpc) is 3.45. The minimum Gasteiger partial charge on any atom is -0.507 e. The number of hydrazone groups is 1. The fourth-order valence-corrected chi connectivity index (χ4v) is 3.59. The Morgan fingerprint density at radius 3 is 2.72 bits per heavy atom. The maximum Gasteiger partial charge on any atom is 0.259 e. The molecule has 1 aliphatic rings. The summed E-state index contributed by atoms with van der Waals surface area (Å²) in [6.45, 7) is 1.80. The lowest BCUT2D eigenvalue weighted by molar-refractivity contribution is 0.102. The number of anilines is 1. The number of benzene rings is 3. The maximum absolute atomic E-state index is 12.9.